The van der Waals surface area contributed by atoms with E-state index in [9.17, 15) is 4.79 Å². The molecule has 0 aliphatic rings. The van der Waals surface area contributed by atoms with E-state index in [2.05, 4.69) is 26.0 Å². The fourth-order valence-corrected chi connectivity index (χ4v) is 3.87. The van der Waals surface area contributed by atoms with E-state index in [0.29, 0.717) is 43.1 Å². The zero-order chi connectivity index (χ0) is 21.3. The number of carbonyl (C=O) groups is 1. The van der Waals surface area contributed by atoms with Crippen molar-refractivity contribution in [3.63, 3.8) is 0 Å². The number of hydrogen-bond donors (Lipinski definition) is 1. The Hall–Kier alpha value is -2.21. The first-order chi connectivity index (χ1) is 13.7. The summed E-state index contributed by atoms with van der Waals surface area (Å²) in [6, 6.07) is 13.4. The second kappa shape index (κ2) is 8.66. The number of aromatic nitrogens is 1. The molecule has 0 saturated heterocycles. The molecule has 0 aliphatic carbocycles. The van der Waals surface area contributed by atoms with Crippen LogP contribution in [-0.4, -0.2) is 39.5 Å². The van der Waals surface area contributed by atoms with E-state index in [0.717, 1.165) is 5.56 Å². The van der Waals surface area contributed by atoms with Gasteiger partial charge in [0.05, 0.1) is 16.2 Å². The van der Waals surface area contributed by atoms with Crippen LogP contribution in [0.3, 0.4) is 0 Å². The number of benzene rings is 2. The van der Waals surface area contributed by atoms with Crippen LogP contribution in [-0.2, 0) is 4.79 Å². The molecule has 0 unspecified atom stereocenters. The van der Waals surface area contributed by atoms with E-state index >= 15 is 0 Å². The van der Waals surface area contributed by atoms with Gasteiger partial charge in [-0.1, -0.05) is 73.5 Å². The van der Waals surface area contributed by atoms with E-state index in [1.165, 1.54) is 10.5 Å². The number of thiocarbonyl (C=S) groups is 1. The molecular weight excluding hydrogens is 427 g/mol. The molecule has 0 spiro atoms. The van der Waals surface area contributed by atoms with Gasteiger partial charge >= 0.3 is 5.97 Å². The summed E-state index contributed by atoms with van der Waals surface area (Å²) in [6.07, 6.45) is 0. The Morgan fingerprint density at radius 1 is 1.17 bits per heavy atom. The summed E-state index contributed by atoms with van der Waals surface area (Å²) < 4.78 is 0. The predicted octanol–water partition coefficient (Wildman–Crippen LogP) is 6.02. The van der Waals surface area contributed by atoms with Crippen molar-refractivity contribution in [3.05, 3.63) is 63.6 Å². The number of hydrogen-bond acceptors (Lipinski definition) is 3. The van der Waals surface area contributed by atoms with Crippen LogP contribution in [0.2, 0.25) is 10.0 Å². The maximum absolute atomic E-state index is 11.1. The van der Waals surface area contributed by atoms with Crippen molar-refractivity contribution >= 4 is 57.3 Å². The van der Waals surface area contributed by atoms with Crippen LogP contribution in [0.25, 0.3) is 22.2 Å². The van der Waals surface area contributed by atoms with E-state index < -0.39 is 5.97 Å². The van der Waals surface area contributed by atoms with Gasteiger partial charge in [0.1, 0.15) is 11.5 Å². The van der Waals surface area contributed by atoms with Gasteiger partial charge in [-0.25, -0.2) is 4.98 Å². The minimum absolute atomic E-state index is 0.213. The van der Waals surface area contributed by atoms with Crippen molar-refractivity contribution in [2.75, 3.05) is 13.6 Å². The molecule has 3 aromatic rings. The second-order valence-electron chi connectivity index (χ2n) is 7.17. The molecule has 2 aromatic carbocycles. The Labute approximate surface area is 185 Å². The summed E-state index contributed by atoms with van der Waals surface area (Å²) in [6.45, 7) is 4.07. The number of carboxylic acid groups (broad SMARTS) is 1. The summed E-state index contributed by atoms with van der Waals surface area (Å²) in [5.41, 5.74) is 4.10. The number of carboxylic acids is 1. The molecule has 4 nitrogen and oxygen atoms in total. The number of halogens is 2. The molecule has 0 fully saturated rings. The van der Waals surface area contributed by atoms with Crippen LogP contribution in [0.1, 0.15) is 30.9 Å². The van der Waals surface area contributed by atoms with Gasteiger partial charge in [0.25, 0.3) is 0 Å². The molecule has 0 amide bonds. The van der Waals surface area contributed by atoms with Gasteiger partial charge in [-0.15, -0.1) is 0 Å². The second-order valence-corrected chi connectivity index (χ2v) is 8.40. The number of pyridine rings is 1. The third-order valence-corrected chi connectivity index (χ3v) is 5.69. The number of likely N-dealkylation sites (N-methyl/N-ethyl adjacent to an activating group) is 1. The van der Waals surface area contributed by atoms with Crippen LogP contribution in [0.5, 0.6) is 0 Å². The lowest BCUT2D eigenvalue weighted by molar-refractivity contribution is -0.137. The zero-order valence-corrected chi connectivity index (χ0v) is 18.6. The molecule has 0 radical (unpaired) electrons. The average molecular weight is 447 g/mol. The molecule has 1 aromatic heterocycles. The molecule has 7 heteroatoms. The summed E-state index contributed by atoms with van der Waals surface area (Å²) in [4.78, 5) is 17.8. The van der Waals surface area contributed by atoms with E-state index in [4.69, 9.17) is 45.5 Å². The molecule has 3 rings (SSSR count). The highest BCUT2D eigenvalue weighted by atomic mass is 35.5. The normalized spacial score (nSPS) is 11.1. The Balaban J connectivity index is 2.20. The topological polar surface area (TPSA) is 53.4 Å². The first-order valence-electron chi connectivity index (χ1n) is 9.04. The quantitative estimate of drug-likeness (QED) is 0.485. The summed E-state index contributed by atoms with van der Waals surface area (Å²) in [7, 11) is 1.64. The summed E-state index contributed by atoms with van der Waals surface area (Å²) >= 11 is 18.2. The number of fused-ring (bicyclic) bond motifs is 1. The van der Waals surface area contributed by atoms with Crippen molar-refractivity contribution in [2.45, 2.75) is 19.8 Å². The molecular formula is C22H20Cl2N2O2S. The lowest BCUT2D eigenvalue weighted by Crippen LogP contribution is -2.31. The summed E-state index contributed by atoms with van der Waals surface area (Å²) in [5.74, 6) is -0.535. The minimum atomic E-state index is -0.964. The Bertz CT molecular complexity index is 1100. The Morgan fingerprint density at radius 2 is 1.83 bits per heavy atom. The first kappa shape index (κ1) is 21.5. The van der Waals surface area contributed by atoms with Gasteiger partial charge in [0.2, 0.25) is 0 Å². The Kier molecular flexibility index (Phi) is 6.42. The van der Waals surface area contributed by atoms with Crippen molar-refractivity contribution in [2.24, 2.45) is 0 Å². The third-order valence-electron chi connectivity index (χ3n) is 4.65. The average Bonchev–Trinajstić information content (AvgIpc) is 2.66. The third kappa shape index (κ3) is 4.69. The van der Waals surface area contributed by atoms with Crippen molar-refractivity contribution in [1.82, 2.24) is 9.88 Å². The predicted molar refractivity (Wildman–Crippen MR) is 123 cm³/mol. The van der Waals surface area contributed by atoms with Gasteiger partial charge in [-0.05, 0) is 29.7 Å². The smallest absolute Gasteiger partial charge is 0.323 e. The molecule has 29 heavy (non-hydrogen) atoms. The van der Waals surface area contributed by atoms with Crippen molar-refractivity contribution in [3.8, 4) is 11.3 Å². The standard InChI is InChI=1S/C22H20Cl2N2O2S/c1-12(2)13-4-6-14(7-5-13)19-10-17(22(29)26(3)11-20(27)28)16-8-15(23)9-18(24)21(16)25-19/h4-10,12H,11H2,1-3H3,(H,27,28). The minimum Gasteiger partial charge on any atom is -0.480 e. The van der Waals surface area contributed by atoms with Gasteiger partial charge in [0.15, 0.2) is 0 Å². The fraction of sp³-hybridized carbons (Fsp3) is 0.227. The number of aliphatic carboxylic acids is 1. The van der Waals surface area contributed by atoms with Gasteiger partial charge < -0.3 is 10.0 Å². The van der Waals surface area contributed by atoms with Crippen LogP contribution >= 0.6 is 35.4 Å². The lowest BCUT2D eigenvalue weighted by Gasteiger charge is -2.20. The SMILES string of the molecule is CC(C)c1ccc(-c2cc(C(=S)N(C)CC(=O)O)c3cc(Cl)cc(Cl)c3n2)cc1. The van der Waals surface area contributed by atoms with Crippen molar-refractivity contribution in [1.29, 1.82) is 0 Å². The molecule has 150 valence electrons. The Morgan fingerprint density at radius 3 is 2.41 bits per heavy atom. The molecule has 1 heterocycles. The lowest BCUT2D eigenvalue weighted by atomic mass is 9.99. The van der Waals surface area contributed by atoms with E-state index in [1.54, 1.807) is 19.2 Å². The van der Waals surface area contributed by atoms with Gasteiger partial charge in [-0.2, -0.15) is 0 Å². The van der Waals surface area contributed by atoms with Crippen LogP contribution in [0.4, 0.5) is 0 Å². The van der Waals surface area contributed by atoms with Gasteiger partial charge in [-0.3, -0.25) is 4.79 Å². The maximum atomic E-state index is 11.1. The van der Waals surface area contributed by atoms with E-state index in [1.807, 2.05) is 18.2 Å². The maximum Gasteiger partial charge on any atom is 0.323 e. The zero-order valence-electron chi connectivity index (χ0n) is 16.2. The van der Waals surface area contributed by atoms with E-state index in [-0.39, 0.29) is 6.54 Å². The highest BCUT2D eigenvalue weighted by Gasteiger charge is 2.18. The highest BCUT2D eigenvalue weighted by Crippen LogP contribution is 2.33. The van der Waals surface area contributed by atoms with Crippen LogP contribution < -0.4 is 0 Å². The van der Waals surface area contributed by atoms with Crippen LogP contribution in [0, 0.1) is 0 Å². The largest absolute Gasteiger partial charge is 0.480 e. The monoisotopic (exact) mass is 446 g/mol. The molecule has 0 aliphatic heterocycles. The molecule has 1 N–H and O–H groups in total. The summed E-state index contributed by atoms with van der Waals surface area (Å²) in [5, 5.41) is 10.7. The molecule has 0 saturated carbocycles. The fourth-order valence-electron chi connectivity index (χ4n) is 3.10. The number of nitrogens with zero attached hydrogens (tertiary/aromatic N) is 2. The van der Waals surface area contributed by atoms with Crippen LogP contribution in [0.15, 0.2) is 42.5 Å². The highest BCUT2D eigenvalue weighted by molar-refractivity contribution is 7.80. The molecule has 0 bridgehead atoms. The van der Waals surface area contributed by atoms with Gasteiger partial charge in [0, 0.05) is 28.6 Å². The first-order valence-corrected chi connectivity index (χ1v) is 10.2. The number of rotatable bonds is 5. The molecule has 0 atom stereocenters. The van der Waals surface area contributed by atoms with Crippen molar-refractivity contribution < 1.29 is 9.90 Å².